The molecular weight excluding hydrogens is 332 g/mol. The number of benzene rings is 2. The van der Waals surface area contributed by atoms with Crippen LogP contribution in [-0.4, -0.2) is 24.5 Å². The van der Waals surface area contributed by atoms with Gasteiger partial charge in [0.2, 0.25) is 0 Å². The predicted molar refractivity (Wildman–Crippen MR) is 98.7 cm³/mol. The number of hydrazine groups is 1. The number of nitrogens with one attached hydrogen (secondary N) is 2. The summed E-state index contributed by atoms with van der Waals surface area (Å²) in [6.45, 7) is 3.71. The first-order chi connectivity index (χ1) is 12.6. The molecule has 0 saturated carbocycles. The van der Waals surface area contributed by atoms with Gasteiger partial charge in [-0.3, -0.25) is 20.4 Å². The molecule has 1 unspecified atom stereocenters. The molecule has 2 aromatic rings. The second-order valence-corrected chi connectivity index (χ2v) is 5.65. The van der Waals surface area contributed by atoms with Crippen molar-refractivity contribution in [1.82, 2.24) is 10.9 Å². The molecule has 0 aliphatic carbocycles. The summed E-state index contributed by atoms with van der Waals surface area (Å²) in [6.07, 6.45) is 0.716. The summed E-state index contributed by atoms with van der Waals surface area (Å²) in [6, 6.07) is 16.6. The fourth-order valence-corrected chi connectivity index (χ4v) is 2.20. The van der Waals surface area contributed by atoms with Crippen molar-refractivity contribution in [1.29, 1.82) is 0 Å². The normalized spacial score (nSPS) is 11.3. The molecule has 2 aromatic carbocycles. The third kappa shape index (κ3) is 6.12. The first-order valence-corrected chi connectivity index (χ1v) is 8.64. The van der Waals surface area contributed by atoms with Crippen LogP contribution in [0.3, 0.4) is 0 Å². The number of rotatable bonds is 8. The molecule has 6 nitrogen and oxygen atoms in total. The Hall–Kier alpha value is -3.02. The highest BCUT2D eigenvalue weighted by molar-refractivity contribution is 5.85. The molecule has 0 aliphatic heterocycles. The van der Waals surface area contributed by atoms with Gasteiger partial charge in [-0.05, 0) is 42.7 Å². The Morgan fingerprint density at radius 1 is 0.923 bits per heavy atom. The minimum Gasteiger partial charge on any atom is -0.484 e. The van der Waals surface area contributed by atoms with Gasteiger partial charge in [0.15, 0.2) is 12.7 Å². The van der Waals surface area contributed by atoms with Crippen molar-refractivity contribution in [3.05, 3.63) is 60.2 Å². The average Bonchev–Trinajstić information content (AvgIpc) is 2.69. The van der Waals surface area contributed by atoms with E-state index in [-0.39, 0.29) is 6.61 Å². The van der Waals surface area contributed by atoms with Crippen molar-refractivity contribution in [3.63, 3.8) is 0 Å². The molecular formula is C20H24N2O4. The number of hydrogen-bond acceptors (Lipinski definition) is 4. The van der Waals surface area contributed by atoms with Crippen LogP contribution in [0, 0.1) is 0 Å². The predicted octanol–water partition coefficient (Wildman–Crippen LogP) is 2.63. The van der Waals surface area contributed by atoms with E-state index in [2.05, 4.69) is 17.8 Å². The van der Waals surface area contributed by atoms with Gasteiger partial charge in [-0.1, -0.05) is 44.2 Å². The first-order valence-electron chi connectivity index (χ1n) is 8.64. The number of aryl methyl sites for hydroxylation is 1. The zero-order chi connectivity index (χ0) is 18.8. The van der Waals surface area contributed by atoms with Crippen molar-refractivity contribution >= 4 is 11.8 Å². The van der Waals surface area contributed by atoms with Crippen molar-refractivity contribution < 1.29 is 19.1 Å². The van der Waals surface area contributed by atoms with Crippen LogP contribution in [0.2, 0.25) is 0 Å². The summed E-state index contributed by atoms with van der Waals surface area (Å²) in [5, 5.41) is 0. The molecule has 1 atom stereocenters. The van der Waals surface area contributed by atoms with Crippen LogP contribution >= 0.6 is 0 Å². The molecule has 2 rings (SSSR count). The van der Waals surface area contributed by atoms with E-state index in [0.29, 0.717) is 17.9 Å². The zero-order valence-corrected chi connectivity index (χ0v) is 15.0. The number of carbonyl (C=O) groups is 2. The Morgan fingerprint density at radius 3 is 2.23 bits per heavy atom. The van der Waals surface area contributed by atoms with Crippen LogP contribution in [-0.2, 0) is 16.0 Å². The quantitative estimate of drug-likeness (QED) is 0.713. The lowest BCUT2D eigenvalue weighted by Gasteiger charge is -2.17. The fourth-order valence-electron chi connectivity index (χ4n) is 2.20. The summed E-state index contributed by atoms with van der Waals surface area (Å²) < 4.78 is 11.0. The molecule has 0 aromatic heterocycles. The van der Waals surface area contributed by atoms with Crippen LogP contribution in [0.4, 0.5) is 0 Å². The second-order valence-electron chi connectivity index (χ2n) is 5.65. The van der Waals surface area contributed by atoms with Gasteiger partial charge < -0.3 is 9.47 Å². The summed E-state index contributed by atoms with van der Waals surface area (Å²) in [4.78, 5) is 24.0. The van der Waals surface area contributed by atoms with Crippen molar-refractivity contribution in [2.75, 3.05) is 6.61 Å². The molecule has 0 bridgehead atoms. The smallest absolute Gasteiger partial charge is 0.279 e. The Labute approximate surface area is 153 Å². The number of para-hydroxylation sites is 1. The van der Waals surface area contributed by atoms with Crippen molar-refractivity contribution in [2.24, 2.45) is 0 Å². The molecule has 0 heterocycles. The van der Waals surface area contributed by atoms with Crippen molar-refractivity contribution in [2.45, 2.75) is 32.8 Å². The van der Waals surface area contributed by atoms with Crippen LogP contribution in [0.5, 0.6) is 11.5 Å². The molecule has 0 spiro atoms. The third-order valence-electron chi connectivity index (χ3n) is 3.71. The maximum atomic E-state index is 12.1. The number of hydrogen-bond donors (Lipinski definition) is 2. The zero-order valence-electron chi connectivity index (χ0n) is 15.0. The summed E-state index contributed by atoms with van der Waals surface area (Å²) in [5.74, 6) is 0.326. The van der Waals surface area contributed by atoms with Gasteiger partial charge in [-0.15, -0.1) is 0 Å². The van der Waals surface area contributed by atoms with E-state index in [1.807, 2.05) is 49.4 Å². The van der Waals surface area contributed by atoms with Crippen LogP contribution in [0.15, 0.2) is 54.6 Å². The van der Waals surface area contributed by atoms with Crippen LogP contribution in [0.1, 0.15) is 25.8 Å². The number of carbonyl (C=O) groups excluding carboxylic acids is 2. The first kappa shape index (κ1) is 19.3. The molecule has 0 fully saturated rings. The van der Waals surface area contributed by atoms with Gasteiger partial charge in [-0.2, -0.15) is 0 Å². The van der Waals surface area contributed by atoms with E-state index < -0.39 is 17.9 Å². The number of ether oxygens (including phenoxy) is 2. The minimum atomic E-state index is -0.694. The minimum absolute atomic E-state index is 0.192. The molecule has 0 saturated heterocycles. The molecule has 138 valence electrons. The maximum Gasteiger partial charge on any atom is 0.279 e. The lowest BCUT2D eigenvalue weighted by Crippen LogP contribution is -2.49. The highest BCUT2D eigenvalue weighted by Crippen LogP contribution is 2.13. The van der Waals surface area contributed by atoms with Gasteiger partial charge in [0.25, 0.3) is 11.8 Å². The highest BCUT2D eigenvalue weighted by Gasteiger charge is 2.18. The summed E-state index contributed by atoms with van der Waals surface area (Å²) in [7, 11) is 0. The molecule has 0 aliphatic rings. The largest absolute Gasteiger partial charge is 0.484 e. The van der Waals surface area contributed by atoms with E-state index in [1.54, 1.807) is 12.1 Å². The Bertz CT molecular complexity index is 702. The highest BCUT2D eigenvalue weighted by atomic mass is 16.5. The van der Waals surface area contributed by atoms with E-state index >= 15 is 0 Å². The summed E-state index contributed by atoms with van der Waals surface area (Å²) in [5.41, 5.74) is 5.89. The van der Waals surface area contributed by atoms with Crippen LogP contribution in [0.25, 0.3) is 0 Å². The van der Waals surface area contributed by atoms with E-state index in [0.717, 1.165) is 6.42 Å². The Morgan fingerprint density at radius 2 is 1.62 bits per heavy atom. The van der Waals surface area contributed by atoms with Gasteiger partial charge in [0.05, 0.1) is 0 Å². The SMILES string of the molecule is CCc1ccc(OCC(=O)NNC(=O)C(CC)Oc2ccccc2)cc1. The van der Waals surface area contributed by atoms with E-state index in [1.165, 1.54) is 5.56 Å². The van der Waals surface area contributed by atoms with Gasteiger partial charge in [-0.25, -0.2) is 0 Å². The maximum absolute atomic E-state index is 12.1. The van der Waals surface area contributed by atoms with Gasteiger partial charge in [0.1, 0.15) is 11.5 Å². The van der Waals surface area contributed by atoms with Crippen LogP contribution < -0.4 is 20.3 Å². The Kier molecular flexibility index (Phi) is 7.49. The lowest BCUT2D eigenvalue weighted by molar-refractivity contribution is -0.134. The monoisotopic (exact) mass is 356 g/mol. The van der Waals surface area contributed by atoms with E-state index in [9.17, 15) is 9.59 Å². The Balaban J connectivity index is 1.75. The molecule has 2 amide bonds. The standard InChI is InChI=1S/C20H24N2O4/c1-3-15-10-12-16(13-11-15)25-14-19(23)21-22-20(24)18(4-2)26-17-8-6-5-7-9-17/h5-13,18H,3-4,14H2,1-2H3,(H,21,23)(H,22,24). The molecule has 26 heavy (non-hydrogen) atoms. The fraction of sp³-hybridized carbons (Fsp3) is 0.300. The topological polar surface area (TPSA) is 76.7 Å². The summed E-state index contributed by atoms with van der Waals surface area (Å²) >= 11 is 0. The lowest BCUT2D eigenvalue weighted by atomic mass is 10.2. The van der Waals surface area contributed by atoms with Crippen molar-refractivity contribution in [3.8, 4) is 11.5 Å². The number of amides is 2. The van der Waals surface area contributed by atoms with E-state index in [4.69, 9.17) is 9.47 Å². The third-order valence-corrected chi connectivity index (χ3v) is 3.71. The van der Waals surface area contributed by atoms with Gasteiger partial charge >= 0.3 is 0 Å². The molecule has 0 radical (unpaired) electrons. The average molecular weight is 356 g/mol. The second kappa shape index (κ2) is 10.1. The molecule has 6 heteroatoms. The van der Waals surface area contributed by atoms with Gasteiger partial charge in [0, 0.05) is 0 Å². The molecule has 2 N–H and O–H groups in total.